The number of carbonyl (C=O) groups excluding carboxylic acids is 1. The molecular formula is C18H21FN2O3. The van der Waals surface area contributed by atoms with Crippen LogP contribution in [-0.2, 0) is 5.60 Å². The average molecular weight is 332 g/mol. The van der Waals surface area contributed by atoms with Gasteiger partial charge < -0.3 is 19.7 Å². The number of nitrogens with zero attached hydrogens (tertiary/aromatic N) is 1. The van der Waals surface area contributed by atoms with Crippen molar-refractivity contribution in [2.24, 2.45) is 0 Å². The van der Waals surface area contributed by atoms with Crippen LogP contribution in [0.3, 0.4) is 0 Å². The lowest BCUT2D eigenvalue weighted by molar-refractivity contribution is -0.0255. The smallest absolute Gasteiger partial charge is 0.287 e. The van der Waals surface area contributed by atoms with Crippen molar-refractivity contribution >= 4 is 5.91 Å². The molecule has 5 nitrogen and oxygen atoms in total. The van der Waals surface area contributed by atoms with E-state index < -0.39 is 5.60 Å². The Morgan fingerprint density at radius 3 is 2.58 bits per heavy atom. The van der Waals surface area contributed by atoms with Crippen molar-refractivity contribution in [3.63, 3.8) is 0 Å². The first kappa shape index (κ1) is 16.7. The molecule has 0 spiro atoms. The predicted molar refractivity (Wildman–Crippen MR) is 87.0 cm³/mol. The molecule has 1 fully saturated rings. The highest BCUT2D eigenvalue weighted by Gasteiger charge is 2.33. The van der Waals surface area contributed by atoms with E-state index in [1.165, 1.54) is 18.4 Å². The predicted octanol–water partition coefficient (Wildman–Crippen LogP) is 2.13. The maximum Gasteiger partial charge on any atom is 0.287 e. The fraction of sp³-hybridized carbons (Fsp3) is 0.389. The van der Waals surface area contributed by atoms with Crippen LogP contribution in [0.2, 0.25) is 0 Å². The van der Waals surface area contributed by atoms with Crippen molar-refractivity contribution in [2.45, 2.75) is 18.4 Å². The lowest BCUT2D eigenvalue weighted by atomic mass is 9.84. The summed E-state index contributed by atoms with van der Waals surface area (Å²) in [5.41, 5.74) is -0.142. The third-order valence-electron chi connectivity index (χ3n) is 4.52. The highest BCUT2D eigenvalue weighted by atomic mass is 19.1. The van der Waals surface area contributed by atoms with E-state index in [4.69, 9.17) is 4.42 Å². The Balaban J connectivity index is 1.45. The first-order valence-corrected chi connectivity index (χ1v) is 8.09. The molecule has 0 radical (unpaired) electrons. The molecule has 0 bridgehead atoms. The standard InChI is InChI=1S/C18H21FN2O3/c19-15-5-3-14(4-6-15)18(23)7-10-21(11-8-18)12-9-20-17(22)16-2-1-13-24-16/h1-6,13,23H,7-12H2,(H,20,22). The fourth-order valence-corrected chi connectivity index (χ4v) is 3.02. The number of hydrogen-bond donors (Lipinski definition) is 2. The Labute approximate surface area is 140 Å². The molecule has 0 atom stereocenters. The molecule has 2 heterocycles. The van der Waals surface area contributed by atoms with Crippen molar-refractivity contribution in [1.82, 2.24) is 10.2 Å². The molecule has 3 rings (SSSR count). The van der Waals surface area contributed by atoms with Crippen LogP contribution in [0.25, 0.3) is 0 Å². The topological polar surface area (TPSA) is 65.7 Å². The van der Waals surface area contributed by atoms with Crippen LogP contribution in [0.1, 0.15) is 29.0 Å². The molecule has 1 saturated heterocycles. The monoisotopic (exact) mass is 332 g/mol. The van der Waals surface area contributed by atoms with Crippen LogP contribution in [-0.4, -0.2) is 42.1 Å². The number of rotatable bonds is 5. The minimum absolute atomic E-state index is 0.222. The minimum atomic E-state index is -0.901. The van der Waals surface area contributed by atoms with E-state index in [0.717, 1.165) is 18.7 Å². The largest absolute Gasteiger partial charge is 0.459 e. The first-order valence-electron chi connectivity index (χ1n) is 8.09. The van der Waals surface area contributed by atoms with Crippen molar-refractivity contribution in [1.29, 1.82) is 0 Å². The van der Waals surface area contributed by atoms with Crippen molar-refractivity contribution in [2.75, 3.05) is 26.2 Å². The van der Waals surface area contributed by atoms with Crippen LogP contribution < -0.4 is 5.32 Å². The van der Waals surface area contributed by atoms with Gasteiger partial charge in [-0.15, -0.1) is 0 Å². The molecule has 24 heavy (non-hydrogen) atoms. The quantitative estimate of drug-likeness (QED) is 0.880. The van der Waals surface area contributed by atoms with Crippen LogP contribution in [0.5, 0.6) is 0 Å². The van der Waals surface area contributed by atoms with Gasteiger partial charge in [-0.2, -0.15) is 0 Å². The van der Waals surface area contributed by atoms with Gasteiger partial charge in [0.05, 0.1) is 11.9 Å². The molecule has 128 valence electrons. The molecule has 2 N–H and O–H groups in total. The Hall–Kier alpha value is -2.18. The van der Waals surface area contributed by atoms with E-state index >= 15 is 0 Å². The van der Waals surface area contributed by atoms with Crippen LogP contribution in [0.15, 0.2) is 47.1 Å². The second-order valence-electron chi connectivity index (χ2n) is 6.11. The van der Waals surface area contributed by atoms with E-state index in [1.54, 1.807) is 24.3 Å². The number of benzene rings is 1. The van der Waals surface area contributed by atoms with Gasteiger partial charge in [0, 0.05) is 26.2 Å². The number of amides is 1. The number of likely N-dealkylation sites (tertiary alicyclic amines) is 1. The maximum absolute atomic E-state index is 13.0. The second-order valence-corrected chi connectivity index (χ2v) is 6.11. The number of piperidine rings is 1. The second kappa shape index (κ2) is 7.15. The number of hydrogen-bond acceptors (Lipinski definition) is 4. The van der Waals surface area contributed by atoms with Crippen LogP contribution >= 0.6 is 0 Å². The molecule has 1 aliphatic rings. The number of nitrogens with one attached hydrogen (secondary N) is 1. The summed E-state index contributed by atoms with van der Waals surface area (Å²) < 4.78 is 18.1. The lowest BCUT2D eigenvalue weighted by Crippen LogP contribution is -2.45. The van der Waals surface area contributed by atoms with E-state index in [0.29, 0.717) is 31.7 Å². The Morgan fingerprint density at radius 1 is 1.25 bits per heavy atom. The summed E-state index contributed by atoms with van der Waals surface area (Å²) >= 11 is 0. The SMILES string of the molecule is O=C(NCCN1CCC(O)(c2ccc(F)cc2)CC1)c1ccco1. The van der Waals surface area contributed by atoms with Crippen LogP contribution in [0, 0.1) is 5.82 Å². The summed E-state index contributed by atoms with van der Waals surface area (Å²) in [5.74, 6) is -0.216. The number of halogens is 1. The number of furan rings is 1. The van der Waals surface area contributed by atoms with E-state index in [9.17, 15) is 14.3 Å². The molecule has 0 saturated carbocycles. The highest BCUT2D eigenvalue weighted by molar-refractivity contribution is 5.91. The van der Waals surface area contributed by atoms with Gasteiger partial charge in [0.25, 0.3) is 5.91 Å². The Kier molecular flexibility index (Phi) is 4.97. The molecule has 6 heteroatoms. The first-order chi connectivity index (χ1) is 11.6. The average Bonchev–Trinajstić information content (AvgIpc) is 3.12. The van der Waals surface area contributed by atoms with Crippen molar-refractivity contribution < 1.29 is 18.7 Å². The van der Waals surface area contributed by atoms with Gasteiger partial charge in [-0.1, -0.05) is 12.1 Å². The minimum Gasteiger partial charge on any atom is -0.459 e. The molecule has 1 aromatic heterocycles. The van der Waals surface area contributed by atoms with Gasteiger partial charge in [-0.25, -0.2) is 4.39 Å². The van der Waals surface area contributed by atoms with E-state index in [2.05, 4.69) is 10.2 Å². The zero-order valence-electron chi connectivity index (χ0n) is 13.4. The molecule has 1 amide bonds. The van der Waals surface area contributed by atoms with Gasteiger partial charge in [0.2, 0.25) is 0 Å². The molecule has 0 aliphatic carbocycles. The van der Waals surface area contributed by atoms with Crippen LogP contribution in [0.4, 0.5) is 4.39 Å². The molecule has 0 unspecified atom stereocenters. The third-order valence-corrected chi connectivity index (χ3v) is 4.52. The maximum atomic E-state index is 13.0. The normalized spacial score (nSPS) is 17.6. The van der Waals surface area contributed by atoms with Gasteiger partial charge in [-0.05, 0) is 42.7 Å². The Morgan fingerprint density at radius 2 is 1.96 bits per heavy atom. The van der Waals surface area contributed by atoms with Gasteiger partial charge in [0.1, 0.15) is 5.82 Å². The van der Waals surface area contributed by atoms with Crippen molar-refractivity contribution in [3.8, 4) is 0 Å². The summed E-state index contributed by atoms with van der Waals surface area (Å²) in [4.78, 5) is 14.0. The zero-order chi connectivity index (χ0) is 17.0. The van der Waals surface area contributed by atoms with Gasteiger partial charge >= 0.3 is 0 Å². The highest BCUT2D eigenvalue weighted by Crippen LogP contribution is 2.32. The zero-order valence-corrected chi connectivity index (χ0v) is 13.4. The fourth-order valence-electron chi connectivity index (χ4n) is 3.02. The molecule has 2 aromatic rings. The lowest BCUT2D eigenvalue weighted by Gasteiger charge is -2.38. The van der Waals surface area contributed by atoms with Gasteiger partial charge in [-0.3, -0.25) is 4.79 Å². The number of carbonyl (C=O) groups is 1. The molecular weight excluding hydrogens is 311 g/mol. The summed E-state index contributed by atoms with van der Waals surface area (Å²) in [6.45, 7) is 2.69. The third kappa shape index (κ3) is 3.83. The van der Waals surface area contributed by atoms with E-state index in [-0.39, 0.29) is 11.7 Å². The Bertz CT molecular complexity index is 662. The molecule has 1 aromatic carbocycles. The van der Waals surface area contributed by atoms with E-state index in [1.807, 2.05) is 0 Å². The number of aliphatic hydroxyl groups is 1. The van der Waals surface area contributed by atoms with Crippen molar-refractivity contribution in [3.05, 3.63) is 59.8 Å². The summed E-state index contributed by atoms with van der Waals surface area (Å²) in [6.07, 6.45) is 2.64. The summed E-state index contributed by atoms with van der Waals surface area (Å²) in [6, 6.07) is 9.35. The van der Waals surface area contributed by atoms with Gasteiger partial charge in [0.15, 0.2) is 5.76 Å². The molecule has 1 aliphatic heterocycles. The summed E-state index contributed by atoms with van der Waals surface area (Å²) in [7, 11) is 0. The summed E-state index contributed by atoms with van der Waals surface area (Å²) in [5, 5.41) is 13.6.